The van der Waals surface area contributed by atoms with E-state index in [2.05, 4.69) is 0 Å². The molecular formula is C10H16O2. The third-order valence-electron chi connectivity index (χ3n) is 1.91. The highest BCUT2D eigenvalue weighted by Crippen LogP contribution is 2.31. The molecule has 0 radical (unpaired) electrons. The second-order valence-corrected chi connectivity index (χ2v) is 4.16. The summed E-state index contributed by atoms with van der Waals surface area (Å²) in [6.45, 7) is 7.69. The average molecular weight is 168 g/mol. The predicted molar refractivity (Wildman–Crippen MR) is 47.9 cm³/mol. The van der Waals surface area contributed by atoms with Crippen LogP contribution >= 0.6 is 0 Å². The van der Waals surface area contributed by atoms with Crippen LogP contribution in [0.3, 0.4) is 0 Å². The second kappa shape index (κ2) is 3.02. The molecule has 1 saturated heterocycles. The first-order chi connectivity index (χ1) is 5.46. The summed E-state index contributed by atoms with van der Waals surface area (Å²) in [6, 6.07) is 0. The number of ether oxygens (including phenoxy) is 1. The van der Waals surface area contributed by atoms with Gasteiger partial charge in [0.15, 0.2) is 5.78 Å². The molecule has 0 amide bonds. The van der Waals surface area contributed by atoms with Gasteiger partial charge in [0.2, 0.25) is 0 Å². The SMILES string of the molecule is C/C=C/[C@H]1O[C@@H]1C(=O)C(C)(C)C. The molecule has 1 aliphatic heterocycles. The smallest absolute Gasteiger partial charge is 0.169 e. The lowest BCUT2D eigenvalue weighted by atomic mass is 9.88. The Labute approximate surface area is 73.6 Å². The first-order valence-electron chi connectivity index (χ1n) is 4.29. The molecule has 1 aliphatic rings. The third-order valence-corrected chi connectivity index (χ3v) is 1.91. The standard InChI is InChI=1S/C10H16O2/c1-5-6-7-8(12-7)9(11)10(2,3)4/h5-8H,1-4H3/b6-5+/t7-,8+/m1/s1. The maximum absolute atomic E-state index is 11.6. The van der Waals surface area contributed by atoms with Crippen molar-refractivity contribution in [3.63, 3.8) is 0 Å². The summed E-state index contributed by atoms with van der Waals surface area (Å²) in [7, 11) is 0. The molecule has 0 spiro atoms. The van der Waals surface area contributed by atoms with Crippen molar-refractivity contribution in [3.8, 4) is 0 Å². The first-order valence-corrected chi connectivity index (χ1v) is 4.29. The monoisotopic (exact) mass is 168 g/mol. The quantitative estimate of drug-likeness (QED) is 0.466. The highest BCUT2D eigenvalue weighted by Gasteiger charge is 2.46. The van der Waals surface area contributed by atoms with E-state index in [1.165, 1.54) is 0 Å². The van der Waals surface area contributed by atoms with Crippen LogP contribution in [0.15, 0.2) is 12.2 Å². The van der Waals surface area contributed by atoms with Gasteiger partial charge in [0.05, 0.1) is 0 Å². The Bertz CT molecular complexity index is 210. The third kappa shape index (κ3) is 1.95. The summed E-state index contributed by atoms with van der Waals surface area (Å²) in [5.74, 6) is 0.200. The van der Waals surface area contributed by atoms with Crippen molar-refractivity contribution in [2.75, 3.05) is 0 Å². The molecule has 0 bridgehead atoms. The molecular weight excluding hydrogens is 152 g/mol. The lowest BCUT2D eigenvalue weighted by Crippen LogP contribution is -2.26. The topological polar surface area (TPSA) is 29.6 Å². The zero-order valence-corrected chi connectivity index (χ0v) is 8.13. The van der Waals surface area contributed by atoms with Crippen molar-refractivity contribution in [1.29, 1.82) is 0 Å². The zero-order valence-electron chi connectivity index (χ0n) is 8.13. The molecule has 2 heteroatoms. The minimum atomic E-state index is -0.277. The molecule has 12 heavy (non-hydrogen) atoms. The van der Waals surface area contributed by atoms with Gasteiger partial charge in [0.1, 0.15) is 12.2 Å². The highest BCUT2D eigenvalue weighted by molar-refractivity contribution is 5.90. The molecule has 1 rings (SSSR count). The molecule has 0 N–H and O–H groups in total. The summed E-state index contributed by atoms with van der Waals surface area (Å²) in [6.07, 6.45) is 3.71. The number of hydrogen-bond acceptors (Lipinski definition) is 2. The molecule has 0 aromatic carbocycles. The largest absolute Gasteiger partial charge is 0.357 e. The van der Waals surface area contributed by atoms with Gasteiger partial charge in [-0.25, -0.2) is 0 Å². The average Bonchev–Trinajstić information content (AvgIpc) is 2.65. The van der Waals surface area contributed by atoms with Crippen LogP contribution in [-0.4, -0.2) is 18.0 Å². The molecule has 68 valence electrons. The Morgan fingerprint density at radius 3 is 2.42 bits per heavy atom. The van der Waals surface area contributed by atoms with Crippen LogP contribution in [-0.2, 0) is 9.53 Å². The first kappa shape index (κ1) is 9.46. The minimum Gasteiger partial charge on any atom is -0.357 e. The number of carbonyl (C=O) groups excluding carboxylic acids is 1. The van der Waals surface area contributed by atoms with Gasteiger partial charge in [-0.05, 0) is 6.92 Å². The van der Waals surface area contributed by atoms with Crippen LogP contribution < -0.4 is 0 Å². The van der Waals surface area contributed by atoms with Crippen LogP contribution in [0.4, 0.5) is 0 Å². The van der Waals surface area contributed by atoms with Crippen molar-refractivity contribution in [1.82, 2.24) is 0 Å². The number of Topliss-reactive ketones (excluding diaryl/α,β-unsaturated/α-hetero) is 1. The van der Waals surface area contributed by atoms with Crippen LogP contribution in [0.1, 0.15) is 27.7 Å². The second-order valence-electron chi connectivity index (χ2n) is 4.16. The molecule has 2 nitrogen and oxygen atoms in total. The van der Waals surface area contributed by atoms with E-state index in [-0.39, 0.29) is 23.4 Å². The van der Waals surface area contributed by atoms with Gasteiger partial charge >= 0.3 is 0 Å². The van der Waals surface area contributed by atoms with Gasteiger partial charge in [-0.1, -0.05) is 32.9 Å². The fraction of sp³-hybridized carbons (Fsp3) is 0.700. The summed E-state index contributed by atoms with van der Waals surface area (Å²) in [5.41, 5.74) is -0.277. The summed E-state index contributed by atoms with van der Waals surface area (Å²) in [5, 5.41) is 0. The molecule has 0 unspecified atom stereocenters. The number of rotatable bonds is 2. The van der Waals surface area contributed by atoms with E-state index >= 15 is 0 Å². The summed E-state index contributed by atoms with van der Waals surface area (Å²) < 4.78 is 5.21. The van der Waals surface area contributed by atoms with E-state index in [4.69, 9.17) is 4.74 Å². The number of epoxide rings is 1. The van der Waals surface area contributed by atoms with E-state index in [9.17, 15) is 4.79 Å². The fourth-order valence-electron chi connectivity index (χ4n) is 1.10. The lowest BCUT2D eigenvalue weighted by Gasteiger charge is -2.14. The normalized spacial score (nSPS) is 29.3. The maximum atomic E-state index is 11.6. The van der Waals surface area contributed by atoms with Gasteiger partial charge in [0.25, 0.3) is 0 Å². The van der Waals surface area contributed by atoms with Crippen LogP contribution in [0.2, 0.25) is 0 Å². The van der Waals surface area contributed by atoms with Crippen molar-refractivity contribution in [3.05, 3.63) is 12.2 Å². The number of carbonyl (C=O) groups is 1. The van der Waals surface area contributed by atoms with E-state index in [0.717, 1.165) is 0 Å². The van der Waals surface area contributed by atoms with Crippen molar-refractivity contribution < 1.29 is 9.53 Å². The number of ketones is 1. The molecule has 0 aliphatic carbocycles. The van der Waals surface area contributed by atoms with E-state index in [1.807, 2.05) is 39.8 Å². The van der Waals surface area contributed by atoms with Crippen molar-refractivity contribution in [2.24, 2.45) is 5.41 Å². The zero-order chi connectivity index (χ0) is 9.35. The molecule has 1 heterocycles. The van der Waals surface area contributed by atoms with Crippen molar-refractivity contribution >= 4 is 5.78 Å². The molecule has 1 fully saturated rings. The number of hydrogen-bond donors (Lipinski definition) is 0. The Balaban J connectivity index is 2.49. The van der Waals surface area contributed by atoms with Gasteiger partial charge in [-0.2, -0.15) is 0 Å². The fourth-order valence-corrected chi connectivity index (χ4v) is 1.10. The van der Waals surface area contributed by atoms with Crippen molar-refractivity contribution in [2.45, 2.75) is 39.9 Å². The highest BCUT2D eigenvalue weighted by atomic mass is 16.6. The van der Waals surface area contributed by atoms with Crippen LogP contribution in [0, 0.1) is 5.41 Å². The van der Waals surface area contributed by atoms with Gasteiger partial charge in [-0.15, -0.1) is 0 Å². The summed E-state index contributed by atoms with van der Waals surface area (Å²) in [4.78, 5) is 11.6. The van der Waals surface area contributed by atoms with E-state index in [0.29, 0.717) is 0 Å². The molecule has 0 saturated carbocycles. The minimum absolute atomic E-state index is 0.0433. The van der Waals surface area contributed by atoms with E-state index < -0.39 is 0 Å². The Morgan fingerprint density at radius 2 is 2.00 bits per heavy atom. The van der Waals surface area contributed by atoms with Gasteiger partial charge in [-0.3, -0.25) is 4.79 Å². The maximum Gasteiger partial charge on any atom is 0.169 e. The Kier molecular flexibility index (Phi) is 2.38. The Morgan fingerprint density at radius 1 is 1.42 bits per heavy atom. The van der Waals surface area contributed by atoms with E-state index in [1.54, 1.807) is 0 Å². The van der Waals surface area contributed by atoms with Crippen LogP contribution in [0.5, 0.6) is 0 Å². The predicted octanol–water partition coefficient (Wildman–Crippen LogP) is 1.95. The molecule has 2 atom stereocenters. The van der Waals surface area contributed by atoms with Gasteiger partial charge < -0.3 is 4.74 Å². The summed E-state index contributed by atoms with van der Waals surface area (Å²) >= 11 is 0. The Hall–Kier alpha value is -0.630. The lowest BCUT2D eigenvalue weighted by molar-refractivity contribution is -0.127. The molecule has 0 aromatic rings. The number of allylic oxidation sites excluding steroid dienone is 1. The van der Waals surface area contributed by atoms with Crippen LogP contribution in [0.25, 0.3) is 0 Å². The van der Waals surface area contributed by atoms with Gasteiger partial charge in [0, 0.05) is 5.41 Å². The molecule has 0 aromatic heterocycles.